The van der Waals surface area contributed by atoms with Crippen LogP contribution in [-0.2, 0) is 0 Å². The Morgan fingerprint density at radius 1 is 1.00 bits per heavy atom. The zero-order valence-electron chi connectivity index (χ0n) is 17.2. The fraction of sp³-hybridized carbons (Fsp3) is 0.217. The first-order valence-corrected chi connectivity index (χ1v) is 11.5. The average Bonchev–Trinajstić information content (AvgIpc) is 3.42. The van der Waals surface area contributed by atoms with Crippen LogP contribution in [0.3, 0.4) is 0 Å². The van der Waals surface area contributed by atoms with Crippen molar-refractivity contribution in [2.24, 2.45) is 0 Å². The average molecular weight is 438 g/mol. The van der Waals surface area contributed by atoms with E-state index in [0.717, 1.165) is 44.4 Å². The van der Waals surface area contributed by atoms with Crippen molar-refractivity contribution in [3.05, 3.63) is 71.1 Å². The van der Waals surface area contributed by atoms with Crippen LogP contribution in [0.15, 0.2) is 65.1 Å². The number of hydrogen-bond acceptors (Lipinski definition) is 6. The monoisotopic (exact) mass is 437 g/mol. The molecule has 0 aliphatic rings. The Hall–Kier alpha value is -2.77. The fourth-order valence-electron chi connectivity index (χ4n) is 3.05. The SMILES string of the molecule is COc1ccc(C)cc1-n1c(SCCOc2ccc(C)cc2)nnc1-c1cccs1. The van der Waals surface area contributed by atoms with Gasteiger partial charge in [0.05, 0.1) is 24.3 Å². The van der Waals surface area contributed by atoms with Crippen LogP contribution >= 0.6 is 23.1 Å². The Morgan fingerprint density at radius 2 is 1.80 bits per heavy atom. The smallest absolute Gasteiger partial charge is 0.196 e. The van der Waals surface area contributed by atoms with Crippen molar-refractivity contribution in [3.8, 4) is 27.9 Å². The molecule has 154 valence electrons. The van der Waals surface area contributed by atoms with E-state index >= 15 is 0 Å². The molecular formula is C23H23N3O2S2. The molecule has 0 aliphatic heterocycles. The van der Waals surface area contributed by atoms with Gasteiger partial charge in [-0.3, -0.25) is 4.57 Å². The highest BCUT2D eigenvalue weighted by Crippen LogP contribution is 2.34. The van der Waals surface area contributed by atoms with Gasteiger partial charge in [0, 0.05) is 5.75 Å². The number of ether oxygens (including phenoxy) is 2. The van der Waals surface area contributed by atoms with Crippen LogP contribution in [0.4, 0.5) is 0 Å². The molecule has 0 atom stereocenters. The van der Waals surface area contributed by atoms with E-state index in [9.17, 15) is 0 Å². The summed E-state index contributed by atoms with van der Waals surface area (Å²) in [7, 11) is 1.69. The second-order valence-corrected chi connectivity index (χ2v) is 8.81. The summed E-state index contributed by atoms with van der Waals surface area (Å²) in [5.74, 6) is 3.24. The van der Waals surface area contributed by atoms with Crippen molar-refractivity contribution >= 4 is 23.1 Å². The van der Waals surface area contributed by atoms with Crippen molar-refractivity contribution < 1.29 is 9.47 Å². The summed E-state index contributed by atoms with van der Waals surface area (Å²) in [6, 6.07) is 18.3. The Morgan fingerprint density at radius 3 is 2.53 bits per heavy atom. The number of hydrogen-bond donors (Lipinski definition) is 0. The molecule has 2 heterocycles. The van der Waals surface area contributed by atoms with Gasteiger partial charge in [0.2, 0.25) is 0 Å². The van der Waals surface area contributed by atoms with E-state index in [-0.39, 0.29) is 0 Å². The van der Waals surface area contributed by atoms with Crippen LogP contribution in [0.1, 0.15) is 11.1 Å². The summed E-state index contributed by atoms with van der Waals surface area (Å²) in [5, 5.41) is 11.8. The third-order valence-corrected chi connectivity index (χ3v) is 6.31. The molecule has 30 heavy (non-hydrogen) atoms. The van der Waals surface area contributed by atoms with Crippen LogP contribution in [0.25, 0.3) is 16.4 Å². The van der Waals surface area contributed by atoms with Gasteiger partial charge in [-0.05, 0) is 55.1 Å². The number of nitrogens with zero attached hydrogens (tertiary/aromatic N) is 3. The van der Waals surface area contributed by atoms with E-state index in [1.165, 1.54) is 5.56 Å². The normalized spacial score (nSPS) is 10.9. The molecule has 2 aromatic carbocycles. The van der Waals surface area contributed by atoms with Crippen LogP contribution in [0, 0.1) is 13.8 Å². The molecule has 0 aliphatic carbocycles. The largest absolute Gasteiger partial charge is 0.495 e. The Kier molecular flexibility index (Phi) is 6.40. The highest BCUT2D eigenvalue weighted by molar-refractivity contribution is 7.99. The van der Waals surface area contributed by atoms with Gasteiger partial charge in [-0.15, -0.1) is 21.5 Å². The molecule has 4 rings (SSSR count). The zero-order chi connectivity index (χ0) is 20.9. The van der Waals surface area contributed by atoms with Crippen molar-refractivity contribution in [1.29, 1.82) is 0 Å². The second kappa shape index (κ2) is 9.36. The standard InChI is InChI=1S/C23H23N3O2S2/c1-16-6-9-18(10-7-16)28-12-14-30-23-25-24-22(21-5-4-13-29-21)26(23)19-15-17(2)8-11-20(19)27-3/h4-11,13,15H,12,14H2,1-3H3. The van der Waals surface area contributed by atoms with Gasteiger partial charge in [-0.25, -0.2) is 0 Å². The second-order valence-electron chi connectivity index (χ2n) is 6.80. The molecule has 0 radical (unpaired) electrons. The highest BCUT2D eigenvalue weighted by atomic mass is 32.2. The molecule has 2 aromatic heterocycles. The maximum atomic E-state index is 5.87. The van der Waals surface area contributed by atoms with Gasteiger partial charge in [-0.2, -0.15) is 0 Å². The van der Waals surface area contributed by atoms with Crippen molar-refractivity contribution in [3.63, 3.8) is 0 Å². The lowest BCUT2D eigenvalue weighted by Crippen LogP contribution is -2.05. The topological polar surface area (TPSA) is 49.2 Å². The van der Waals surface area contributed by atoms with E-state index in [2.05, 4.69) is 52.9 Å². The van der Waals surface area contributed by atoms with Crippen LogP contribution in [0.2, 0.25) is 0 Å². The summed E-state index contributed by atoms with van der Waals surface area (Å²) in [4.78, 5) is 1.06. The summed E-state index contributed by atoms with van der Waals surface area (Å²) < 4.78 is 13.6. The van der Waals surface area contributed by atoms with Gasteiger partial charge in [0.15, 0.2) is 11.0 Å². The number of rotatable bonds is 8. The zero-order valence-corrected chi connectivity index (χ0v) is 18.8. The third kappa shape index (κ3) is 4.52. The molecule has 0 N–H and O–H groups in total. The minimum atomic E-state index is 0.583. The Bertz CT molecular complexity index is 1110. The molecule has 0 saturated carbocycles. The highest BCUT2D eigenvalue weighted by Gasteiger charge is 2.19. The van der Waals surface area contributed by atoms with Crippen molar-refractivity contribution in [1.82, 2.24) is 14.8 Å². The quantitative estimate of drug-likeness (QED) is 0.258. The maximum absolute atomic E-state index is 5.87. The summed E-state index contributed by atoms with van der Waals surface area (Å²) in [5.41, 5.74) is 3.31. The lowest BCUT2D eigenvalue weighted by molar-refractivity contribution is 0.344. The molecular weight excluding hydrogens is 414 g/mol. The molecule has 0 fully saturated rings. The predicted molar refractivity (Wildman–Crippen MR) is 123 cm³/mol. The molecule has 0 unspecified atom stereocenters. The minimum absolute atomic E-state index is 0.583. The van der Waals surface area contributed by atoms with Crippen molar-refractivity contribution in [2.75, 3.05) is 19.5 Å². The molecule has 0 saturated heterocycles. The van der Waals surface area contributed by atoms with E-state index < -0.39 is 0 Å². The summed E-state index contributed by atoms with van der Waals surface area (Å²) >= 11 is 3.27. The van der Waals surface area contributed by atoms with E-state index in [1.807, 2.05) is 35.7 Å². The maximum Gasteiger partial charge on any atom is 0.196 e. The summed E-state index contributed by atoms with van der Waals surface area (Å²) in [6.07, 6.45) is 0. The lowest BCUT2D eigenvalue weighted by Gasteiger charge is -2.14. The van der Waals surface area contributed by atoms with Gasteiger partial charge >= 0.3 is 0 Å². The molecule has 0 bridgehead atoms. The van der Waals surface area contributed by atoms with Gasteiger partial charge in [-0.1, -0.05) is 41.6 Å². The van der Waals surface area contributed by atoms with Gasteiger partial charge in [0.1, 0.15) is 11.5 Å². The molecule has 7 heteroatoms. The van der Waals surface area contributed by atoms with Crippen LogP contribution in [-0.4, -0.2) is 34.2 Å². The first-order valence-electron chi connectivity index (χ1n) is 9.62. The first kappa shape index (κ1) is 20.5. The molecule has 4 aromatic rings. The summed E-state index contributed by atoms with van der Waals surface area (Å²) in [6.45, 7) is 4.72. The number of thioether (sulfide) groups is 1. The fourth-order valence-corrected chi connectivity index (χ4v) is 4.51. The van der Waals surface area contributed by atoms with Crippen molar-refractivity contribution in [2.45, 2.75) is 19.0 Å². The lowest BCUT2D eigenvalue weighted by atomic mass is 10.2. The number of thiophene rings is 1. The van der Waals surface area contributed by atoms with Crippen LogP contribution in [0.5, 0.6) is 11.5 Å². The predicted octanol–water partition coefficient (Wildman–Crippen LogP) is 5.79. The number of aryl methyl sites for hydroxylation is 2. The molecule has 0 amide bonds. The molecule has 5 nitrogen and oxygen atoms in total. The number of benzene rings is 2. The minimum Gasteiger partial charge on any atom is -0.495 e. The van der Waals surface area contributed by atoms with E-state index in [0.29, 0.717) is 6.61 Å². The van der Waals surface area contributed by atoms with Gasteiger partial charge < -0.3 is 9.47 Å². The van der Waals surface area contributed by atoms with E-state index in [1.54, 1.807) is 30.2 Å². The van der Waals surface area contributed by atoms with Gasteiger partial charge in [0.25, 0.3) is 0 Å². The first-order chi connectivity index (χ1) is 14.7. The third-order valence-electron chi connectivity index (χ3n) is 4.55. The molecule has 0 spiro atoms. The number of aromatic nitrogens is 3. The number of methoxy groups -OCH3 is 1. The Balaban J connectivity index is 1.59. The van der Waals surface area contributed by atoms with Crippen LogP contribution < -0.4 is 9.47 Å². The van der Waals surface area contributed by atoms with E-state index in [4.69, 9.17) is 9.47 Å². The Labute approximate surface area is 184 Å².